The molecular weight excluding hydrogens is 397 g/mol. The SMILES string of the molecule is O=C(O)COc1cccc2c1CCCC2NS(=O)(=O)c1ccc(F)c(Cl)c1. The summed E-state index contributed by atoms with van der Waals surface area (Å²) in [6.45, 7) is -0.471. The average Bonchev–Trinajstić information content (AvgIpc) is 2.62. The first kappa shape index (κ1) is 19.6. The molecule has 0 fully saturated rings. The number of carbonyl (C=O) groups is 1. The monoisotopic (exact) mass is 413 g/mol. The number of rotatable bonds is 6. The number of fused-ring (bicyclic) bond motifs is 1. The van der Waals surface area contributed by atoms with E-state index in [0.29, 0.717) is 25.0 Å². The van der Waals surface area contributed by atoms with Gasteiger partial charge in [0.1, 0.15) is 11.6 Å². The molecule has 1 aliphatic rings. The topological polar surface area (TPSA) is 92.7 Å². The zero-order chi connectivity index (χ0) is 19.6. The Morgan fingerprint density at radius 2 is 2.11 bits per heavy atom. The molecule has 0 aliphatic heterocycles. The molecule has 0 saturated heterocycles. The molecule has 1 unspecified atom stereocenters. The minimum Gasteiger partial charge on any atom is -0.482 e. The van der Waals surface area contributed by atoms with Crippen LogP contribution in [0.25, 0.3) is 0 Å². The van der Waals surface area contributed by atoms with Crippen LogP contribution in [0.4, 0.5) is 4.39 Å². The number of hydrogen-bond acceptors (Lipinski definition) is 4. The van der Waals surface area contributed by atoms with Gasteiger partial charge in [-0.15, -0.1) is 0 Å². The Labute approximate surface area is 161 Å². The van der Waals surface area contributed by atoms with Gasteiger partial charge in [0, 0.05) is 6.04 Å². The van der Waals surface area contributed by atoms with Crippen molar-refractivity contribution in [3.8, 4) is 5.75 Å². The second kappa shape index (κ2) is 7.84. The second-order valence-electron chi connectivity index (χ2n) is 6.15. The van der Waals surface area contributed by atoms with Crippen molar-refractivity contribution in [2.45, 2.75) is 30.2 Å². The van der Waals surface area contributed by atoms with E-state index in [-0.39, 0.29) is 9.92 Å². The summed E-state index contributed by atoms with van der Waals surface area (Å²) < 4.78 is 46.6. The molecule has 2 aromatic carbocycles. The van der Waals surface area contributed by atoms with Gasteiger partial charge in [0.2, 0.25) is 10.0 Å². The summed E-state index contributed by atoms with van der Waals surface area (Å²) >= 11 is 5.69. The van der Waals surface area contributed by atoms with Gasteiger partial charge in [0.25, 0.3) is 0 Å². The molecule has 0 heterocycles. The van der Waals surface area contributed by atoms with Crippen LogP contribution in [0.1, 0.15) is 30.0 Å². The largest absolute Gasteiger partial charge is 0.482 e. The van der Waals surface area contributed by atoms with Crippen LogP contribution < -0.4 is 9.46 Å². The summed E-state index contributed by atoms with van der Waals surface area (Å²) in [5.74, 6) is -1.35. The number of nitrogens with one attached hydrogen (secondary N) is 1. The lowest BCUT2D eigenvalue weighted by Gasteiger charge is -2.27. The molecule has 1 atom stereocenters. The van der Waals surface area contributed by atoms with Gasteiger partial charge < -0.3 is 9.84 Å². The van der Waals surface area contributed by atoms with E-state index in [1.807, 2.05) is 0 Å². The molecule has 0 amide bonds. The van der Waals surface area contributed by atoms with E-state index < -0.39 is 34.5 Å². The maximum Gasteiger partial charge on any atom is 0.341 e. The molecule has 9 heteroatoms. The third kappa shape index (κ3) is 4.40. The first-order valence-corrected chi connectivity index (χ1v) is 10.1. The summed E-state index contributed by atoms with van der Waals surface area (Å²) in [6.07, 6.45) is 1.94. The summed E-state index contributed by atoms with van der Waals surface area (Å²) in [6, 6.07) is 7.86. The Kier molecular flexibility index (Phi) is 5.69. The van der Waals surface area contributed by atoms with E-state index in [1.165, 1.54) is 0 Å². The lowest BCUT2D eigenvalue weighted by Crippen LogP contribution is -2.31. The van der Waals surface area contributed by atoms with Gasteiger partial charge >= 0.3 is 5.97 Å². The Bertz CT molecular complexity index is 980. The molecule has 0 aromatic heterocycles. The minimum atomic E-state index is -3.92. The van der Waals surface area contributed by atoms with Gasteiger partial charge in [-0.3, -0.25) is 0 Å². The summed E-state index contributed by atoms with van der Waals surface area (Å²) in [4.78, 5) is 10.6. The van der Waals surface area contributed by atoms with Crippen molar-refractivity contribution < 1.29 is 27.4 Å². The van der Waals surface area contributed by atoms with Gasteiger partial charge in [0.05, 0.1) is 9.92 Å². The van der Waals surface area contributed by atoms with Crippen LogP contribution in [0.2, 0.25) is 5.02 Å². The van der Waals surface area contributed by atoms with E-state index in [2.05, 4.69) is 4.72 Å². The number of carboxylic acid groups (broad SMARTS) is 1. The second-order valence-corrected chi connectivity index (χ2v) is 8.27. The highest BCUT2D eigenvalue weighted by atomic mass is 35.5. The van der Waals surface area contributed by atoms with Crippen molar-refractivity contribution in [1.29, 1.82) is 0 Å². The smallest absolute Gasteiger partial charge is 0.341 e. The minimum absolute atomic E-state index is 0.126. The van der Waals surface area contributed by atoms with Crippen LogP contribution in [0.15, 0.2) is 41.3 Å². The van der Waals surface area contributed by atoms with Gasteiger partial charge in [-0.2, -0.15) is 0 Å². The number of hydrogen-bond donors (Lipinski definition) is 2. The number of ether oxygens (including phenoxy) is 1. The average molecular weight is 414 g/mol. The molecule has 0 radical (unpaired) electrons. The van der Waals surface area contributed by atoms with E-state index in [1.54, 1.807) is 18.2 Å². The lowest BCUT2D eigenvalue weighted by atomic mass is 9.87. The molecular formula is C18H17ClFNO5S. The lowest BCUT2D eigenvalue weighted by molar-refractivity contribution is -0.139. The molecule has 0 bridgehead atoms. The zero-order valence-electron chi connectivity index (χ0n) is 14.1. The molecule has 3 rings (SSSR count). The number of sulfonamides is 1. The standard InChI is InChI=1S/C18H17ClFNO5S/c19-14-9-11(7-8-15(14)20)27(24,25)21-16-5-1-4-13-12(16)3-2-6-17(13)26-10-18(22)23/h2-3,6-9,16,21H,1,4-5,10H2,(H,22,23). The summed E-state index contributed by atoms with van der Waals surface area (Å²) in [5, 5.41) is 8.53. The number of benzene rings is 2. The van der Waals surface area contributed by atoms with Crippen molar-refractivity contribution in [3.63, 3.8) is 0 Å². The van der Waals surface area contributed by atoms with Gasteiger partial charge in [-0.1, -0.05) is 23.7 Å². The van der Waals surface area contributed by atoms with Crippen molar-refractivity contribution in [2.75, 3.05) is 6.61 Å². The van der Waals surface area contributed by atoms with Crippen LogP contribution in [0.3, 0.4) is 0 Å². The van der Waals surface area contributed by atoms with E-state index in [4.69, 9.17) is 21.4 Å². The van der Waals surface area contributed by atoms with E-state index in [9.17, 15) is 17.6 Å². The van der Waals surface area contributed by atoms with Crippen molar-refractivity contribution in [2.24, 2.45) is 0 Å². The molecule has 6 nitrogen and oxygen atoms in total. The predicted molar refractivity (Wildman–Crippen MR) is 97.0 cm³/mol. The first-order chi connectivity index (χ1) is 12.8. The van der Waals surface area contributed by atoms with Crippen molar-refractivity contribution >= 4 is 27.6 Å². The normalized spacial score (nSPS) is 16.6. The Balaban J connectivity index is 1.88. The Hall–Kier alpha value is -2.16. The van der Waals surface area contributed by atoms with Crippen LogP contribution >= 0.6 is 11.6 Å². The number of carboxylic acids is 1. The summed E-state index contributed by atoms with van der Waals surface area (Å²) in [5.41, 5.74) is 1.52. The molecule has 1 aliphatic carbocycles. The van der Waals surface area contributed by atoms with E-state index in [0.717, 1.165) is 29.3 Å². The highest BCUT2D eigenvalue weighted by molar-refractivity contribution is 7.89. The molecule has 0 spiro atoms. The van der Waals surface area contributed by atoms with E-state index >= 15 is 0 Å². The van der Waals surface area contributed by atoms with Crippen LogP contribution in [0, 0.1) is 5.82 Å². The first-order valence-electron chi connectivity index (χ1n) is 8.21. The molecule has 144 valence electrons. The van der Waals surface area contributed by atoms with Gasteiger partial charge in [-0.25, -0.2) is 22.3 Å². The zero-order valence-corrected chi connectivity index (χ0v) is 15.7. The fraction of sp³-hybridized carbons (Fsp3) is 0.278. The highest BCUT2D eigenvalue weighted by Crippen LogP contribution is 2.36. The Morgan fingerprint density at radius 1 is 1.33 bits per heavy atom. The van der Waals surface area contributed by atoms with Crippen molar-refractivity contribution in [3.05, 3.63) is 58.4 Å². The fourth-order valence-corrected chi connectivity index (χ4v) is 4.63. The molecule has 2 aromatic rings. The van der Waals surface area contributed by atoms with Crippen molar-refractivity contribution in [1.82, 2.24) is 4.72 Å². The highest BCUT2D eigenvalue weighted by Gasteiger charge is 2.28. The number of halogens is 2. The third-order valence-electron chi connectivity index (χ3n) is 4.31. The Morgan fingerprint density at radius 3 is 2.81 bits per heavy atom. The van der Waals surface area contributed by atoms with Crippen LogP contribution in [0.5, 0.6) is 5.75 Å². The molecule has 27 heavy (non-hydrogen) atoms. The summed E-state index contributed by atoms with van der Waals surface area (Å²) in [7, 11) is -3.92. The number of aliphatic carboxylic acids is 1. The molecule has 2 N–H and O–H groups in total. The fourth-order valence-electron chi connectivity index (χ4n) is 3.11. The van der Waals surface area contributed by atoms with Crippen LogP contribution in [-0.2, 0) is 21.2 Å². The molecule has 0 saturated carbocycles. The third-order valence-corrected chi connectivity index (χ3v) is 6.07. The maximum atomic E-state index is 13.3. The predicted octanol–water partition coefficient (Wildman–Crippen LogP) is 3.30. The van der Waals surface area contributed by atoms with Crippen LogP contribution in [-0.4, -0.2) is 26.1 Å². The van der Waals surface area contributed by atoms with Gasteiger partial charge in [-0.05, 0) is 54.7 Å². The van der Waals surface area contributed by atoms with Gasteiger partial charge in [0.15, 0.2) is 6.61 Å². The maximum absolute atomic E-state index is 13.3. The quantitative estimate of drug-likeness (QED) is 0.758.